The number of pyridine rings is 1. The van der Waals surface area contributed by atoms with Gasteiger partial charge in [-0.1, -0.05) is 0 Å². The van der Waals surface area contributed by atoms with E-state index >= 15 is 0 Å². The first kappa shape index (κ1) is 11.8. The predicted molar refractivity (Wildman–Crippen MR) is 58.1 cm³/mol. The number of carbonyl (C=O) groups excluding carboxylic acids is 1. The summed E-state index contributed by atoms with van der Waals surface area (Å²) < 4.78 is 25.2. The van der Waals surface area contributed by atoms with E-state index in [9.17, 15) is 13.6 Å². The van der Waals surface area contributed by atoms with Gasteiger partial charge in [0, 0.05) is 9.77 Å². The second kappa shape index (κ2) is 4.47. The van der Waals surface area contributed by atoms with Gasteiger partial charge in [0.25, 0.3) is 12.3 Å². The van der Waals surface area contributed by atoms with Gasteiger partial charge in [-0.2, -0.15) is 0 Å². The van der Waals surface area contributed by atoms with Gasteiger partial charge >= 0.3 is 0 Å². The van der Waals surface area contributed by atoms with Gasteiger partial charge in [0.2, 0.25) is 0 Å². The van der Waals surface area contributed by atoms with Gasteiger partial charge in [0.05, 0.1) is 10.0 Å². The molecule has 0 unspecified atom stereocenters. The number of halogens is 4. The maximum atomic E-state index is 12.4. The molecule has 0 spiro atoms. The van der Waals surface area contributed by atoms with Gasteiger partial charge in [0.15, 0.2) is 0 Å². The fourth-order valence-corrected chi connectivity index (χ4v) is 1.96. The van der Waals surface area contributed by atoms with E-state index in [0.29, 0.717) is 0 Å². The van der Waals surface area contributed by atoms with Crippen LogP contribution >= 0.6 is 38.5 Å². The third-order valence-electron chi connectivity index (χ3n) is 1.46. The van der Waals surface area contributed by atoms with Crippen LogP contribution in [0.1, 0.15) is 22.5 Å². The number of carbonyl (C=O) groups is 1. The summed E-state index contributed by atoms with van der Waals surface area (Å²) in [4.78, 5) is 14.3. The summed E-state index contributed by atoms with van der Waals surface area (Å²) in [6.07, 6.45) is -1.66. The number of nitrogens with two attached hydrogens (primary N) is 1. The maximum Gasteiger partial charge on any atom is 0.268 e. The molecule has 0 saturated heterocycles. The summed E-state index contributed by atoms with van der Waals surface area (Å²) in [5.41, 5.74) is 4.72. The minimum Gasteiger partial charge on any atom is -0.364 e. The summed E-state index contributed by atoms with van der Waals surface area (Å²) in [6, 6.07) is 0. The number of hydrogen-bond acceptors (Lipinski definition) is 2. The number of amides is 1. The van der Waals surface area contributed by atoms with Gasteiger partial charge in [-0.25, -0.2) is 13.8 Å². The summed E-state index contributed by atoms with van der Waals surface area (Å²) in [5.74, 6) is -0.754. The number of alkyl halides is 2. The van der Waals surface area contributed by atoms with E-state index in [2.05, 4.69) is 20.9 Å². The Kier molecular flexibility index (Phi) is 3.76. The van der Waals surface area contributed by atoms with Gasteiger partial charge in [-0.05, 0) is 38.5 Å². The summed E-state index contributed by atoms with van der Waals surface area (Å²) in [6.45, 7) is 0. The lowest BCUT2D eigenvalue weighted by molar-refractivity contribution is 0.0993. The van der Waals surface area contributed by atoms with E-state index in [1.807, 2.05) is 0 Å². The molecule has 7 heteroatoms. The zero-order valence-electron chi connectivity index (χ0n) is 6.60. The fourth-order valence-electron chi connectivity index (χ4n) is 0.802. The Morgan fingerprint density at radius 2 is 2.21 bits per heavy atom. The molecule has 0 saturated carbocycles. The molecule has 0 atom stereocenters. The molecule has 0 radical (unpaired) electrons. The molecule has 1 rings (SSSR count). The van der Waals surface area contributed by atoms with Crippen LogP contribution in [-0.4, -0.2) is 10.9 Å². The lowest BCUT2D eigenvalue weighted by Gasteiger charge is -2.06. The third-order valence-corrected chi connectivity index (χ3v) is 4.13. The molecule has 2 N–H and O–H groups in total. The van der Waals surface area contributed by atoms with E-state index in [4.69, 9.17) is 5.73 Å². The van der Waals surface area contributed by atoms with Crippen LogP contribution in [0, 0.1) is 3.57 Å². The highest BCUT2D eigenvalue weighted by Crippen LogP contribution is 2.30. The van der Waals surface area contributed by atoms with Crippen molar-refractivity contribution in [2.24, 2.45) is 5.73 Å². The molecule has 1 aromatic rings. The van der Waals surface area contributed by atoms with E-state index in [1.54, 1.807) is 22.6 Å². The SMILES string of the molecule is NC(=O)c1ncc(C(F)F)c(I)c1Br. The standard InChI is InChI=1S/C7H4BrF2IN2O/c8-3-4(11)2(6(9)10)1-13-5(3)7(12)14/h1,6H,(H2,12,14). The average molecular weight is 377 g/mol. The number of primary amides is 1. The Morgan fingerprint density at radius 1 is 1.64 bits per heavy atom. The normalized spacial score (nSPS) is 10.6. The molecule has 76 valence electrons. The van der Waals surface area contributed by atoms with E-state index in [-0.39, 0.29) is 19.3 Å². The molecule has 1 amide bonds. The van der Waals surface area contributed by atoms with Crippen LogP contribution in [0.2, 0.25) is 0 Å². The first-order chi connectivity index (χ1) is 6.45. The van der Waals surface area contributed by atoms with Crippen LogP contribution in [0.4, 0.5) is 8.78 Å². The first-order valence-electron chi connectivity index (χ1n) is 3.37. The highest BCUT2D eigenvalue weighted by molar-refractivity contribution is 14.1. The molecule has 1 aromatic heterocycles. The van der Waals surface area contributed by atoms with Crippen LogP contribution in [0.25, 0.3) is 0 Å². The third kappa shape index (κ3) is 2.19. The zero-order chi connectivity index (χ0) is 10.9. The summed E-state index contributed by atoms with van der Waals surface area (Å²) >= 11 is 4.70. The highest BCUT2D eigenvalue weighted by Gasteiger charge is 2.19. The predicted octanol–water partition coefficient (Wildman–Crippen LogP) is 2.49. The van der Waals surface area contributed by atoms with Crippen molar-refractivity contribution in [2.75, 3.05) is 0 Å². The molecule has 0 aliphatic carbocycles. The van der Waals surface area contributed by atoms with Crippen molar-refractivity contribution in [1.29, 1.82) is 0 Å². The van der Waals surface area contributed by atoms with Gasteiger partial charge in [-0.15, -0.1) is 0 Å². The smallest absolute Gasteiger partial charge is 0.268 e. The van der Waals surface area contributed by atoms with Crippen molar-refractivity contribution in [1.82, 2.24) is 4.98 Å². The quantitative estimate of drug-likeness (QED) is 0.806. The second-order valence-corrected chi connectivity index (χ2v) is 4.23. The van der Waals surface area contributed by atoms with Crippen LogP contribution in [0.15, 0.2) is 10.7 Å². The topological polar surface area (TPSA) is 56.0 Å². The molecule has 0 fully saturated rings. The number of aromatic nitrogens is 1. The van der Waals surface area contributed by atoms with Crippen molar-refractivity contribution in [3.8, 4) is 0 Å². The van der Waals surface area contributed by atoms with Crippen LogP contribution in [0.5, 0.6) is 0 Å². The largest absolute Gasteiger partial charge is 0.364 e. The second-order valence-electron chi connectivity index (χ2n) is 2.36. The molecular formula is C7H4BrF2IN2O. The van der Waals surface area contributed by atoms with Crippen molar-refractivity contribution in [3.63, 3.8) is 0 Å². The molecule has 1 heterocycles. The van der Waals surface area contributed by atoms with Crippen molar-refractivity contribution in [3.05, 3.63) is 25.5 Å². The van der Waals surface area contributed by atoms with Crippen molar-refractivity contribution in [2.45, 2.75) is 6.43 Å². The molecule has 14 heavy (non-hydrogen) atoms. The Hall–Kier alpha value is -0.310. The Bertz CT molecular complexity index is 386. The van der Waals surface area contributed by atoms with Gasteiger partial charge < -0.3 is 5.73 Å². The Morgan fingerprint density at radius 3 is 2.64 bits per heavy atom. The minimum absolute atomic E-state index is 0.0428. The van der Waals surface area contributed by atoms with Crippen LogP contribution in [-0.2, 0) is 0 Å². The zero-order valence-corrected chi connectivity index (χ0v) is 10.3. The minimum atomic E-state index is -2.62. The highest BCUT2D eigenvalue weighted by atomic mass is 127. The number of rotatable bonds is 2. The molecule has 3 nitrogen and oxygen atoms in total. The number of hydrogen-bond donors (Lipinski definition) is 1. The molecule has 0 aliphatic rings. The lowest BCUT2D eigenvalue weighted by Crippen LogP contribution is -2.15. The Labute approximate surface area is 100 Å². The lowest BCUT2D eigenvalue weighted by atomic mass is 10.2. The molecule has 0 aromatic carbocycles. The summed E-state index contributed by atoms with van der Waals surface area (Å²) in [7, 11) is 0. The average Bonchev–Trinajstić information content (AvgIpc) is 2.08. The number of nitrogens with zero attached hydrogens (tertiary/aromatic N) is 1. The van der Waals surface area contributed by atoms with E-state index in [1.165, 1.54) is 0 Å². The van der Waals surface area contributed by atoms with E-state index < -0.39 is 12.3 Å². The Balaban J connectivity index is 3.33. The molecular weight excluding hydrogens is 373 g/mol. The summed E-state index contributed by atoms with van der Waals surface area (Å²) in [5, 5.41) is 0. The van der Waals surface area contributed by atoms with Crippen molar-refractivity contribution >= 4 is 44.4 Å². The van der Waals surface area contributed by atoms with Crippen molar-refractivity contribution < 1.29 is 13.6 Å². The van der Waals surface area contributed by atoms with Gasteiger partial charge in [-0.3, -0.25) is 4.79 Å². The molecule has 0 aliphatic heterocycles. The first-order valence-corrected chi connectivity index (χ1v) is 5.24. The van der Waals surface area contributed by atoms with Crippen LogP contribution in [0.3, 0.4) is 0 Å². The molecule has 0 bridgehead atoms. The van der Waals surface area contributed by atoms with Gasteiger partial charge in [0.1, 0.15) is 5.69 Å². The maximum absolute atomic E-state index is 12.4. The fraction of sp³-hybridized carbons (Fsp3) is 0.143. The van der Waals surface area contributed by atoms with E-state index in [0.717, 1.165) is 6.20 Å². The monoisotopic (exact) mass is 376 g/mol. The van der Waals surface area contributed by atoms with Crippen LogP contribution < -0.4 is 5.73 Å².